The Morgan fingerprint density at radius 2 is 1.53 bits per heavy atom. The highest BCUT2D eigenvalue weighted by atomic mass is 35.5. The highest BCUT2D eigenvalue weighted by molar-refractivity contribution is 6.34. The summed E-state index contributed by atoms with van der Waals surface area (Å²) in [6.07, 6.45) is 0. The molecule has 0 fully saturated rings. The Balaban J connectivity index is 1.66. The van der Waals surface area contributed by atoms with Crippen molar-refractivity contribution in [2.24, 2.45) is 5.92 Å². The molecule has 3 aromatic rings. The maximum absolute atomic E-state index is 12.9. The molecule has 0 aromatic heterocycles. The molecule has 0 spiro atoms. The summed E-state index contributed by atoms with van der Waals surface area (Å²) in [5.41, 5.74) is 1.06. The first-order chi connectivity index (χ1) is 17.2. The molecule has 0 aliphatic rings. The van der Waals surface area contributed by atoms with Crippen LogP contribution < -0.4 is 10.6 Å². The van der Waals surface area contributed by atoms with Crippen molar-refractivity contribution in [1.82, 2.24) is 5.32 Å². The van der Waals surface area contributed by atoms with E-state index in [0.29, 0.717) is 10.6 Å². The van der Waals surface area contributed by atoms with Gasteiger partial charge in [-0.1, -0.05) is 79.5 Å². The third kappa shape index (κ3) is 6.93. The Morgan fingerprint density at radius 1 is 0.861 bits per heavy atom. The first-order valence-corrected chi connectivity index (χ1v) is 11.8. The molecule has 3 aromatic carbocycles. The number of ketones is 1. The molecule has 0 bridgehead atoms. The highest BCUT2D eigenvalue weighted by Gasteiger charge is 2.27. The van der Waals surface area contributed by atoms with E-state index >= 15 is 0 Å². The predicted molar refractivity (Wildman–Crippen MR) is 138 cm³/mol. The number of rotatable bonds is 9. The highest BCUT2D eigenvalue weighted by Crippen LogP contribution is 2.24. The van der Waals surface area contributed by atoms with E-state index in [1.54, 1.807) is 62.4 Å². The molecule has 0 aliphatic carbocycles. The Bertz CT molecular complexity index is 1280. The zero-order chi connectivity index (χ0) is 26.2. The van der Waals surface area contributed by atoms with E-state index in [9.17, 15) is 19.2 Å². The fourth-order valence-corrected chi connectivity index (χ4v) is 3.73. The SMILES string of the molecule is CC(C)[C@H](NC(=O)c1ccccc1Cl)C(=O)OCC(=O)Nc1ccc(Cl)cc1C(=O)c1ccccc1. The van der Waals surface area contributed by atoms with Crippen molar-refractivity contribution in [3.8, 4) is 0 Å². The molecule has 1 atom stereocenters. The average molecular weight is 527 g/mol. The summed E-state index contributed by atoms with van der Waals surface area (Å²) in [7, 11) is 0. The maximum atomic E-state index is 12.9. The van der Waals surface area contributed by atoms with E-state index in [1.807, 2.05) is 0 Å². The van der Waals surface area contributed by atoms with E-state index in [4.69, 9.17) is 27.9 Å². The van der Waals surface area contributed by atoms with Crippen molar-refractivity contribution in [3.63, 3.8) is 0 Å². The topological polar surface area (TPSA) is 102 Å². The van der Waals surface area contributed by atoms with Crippen LogP contribution in [0.5, 0.6) is 0 Å². The molecule has 0 aliphatic heterocycles. The monoisotopic (exact) mass is 526 g/mol. The van der Waals surface area contributed by atoms with Crippen LogP contribution in [0, 0.1) is 5.92 Å². The molecule has 9 heteroatoms. The number of nitrogens with one attached hydrogen (secondary N) is 2. The molecule has 2 amide bonds. The van der Waals surface area contributed by atoms with E-state index < -0.39 is 30.4 Å². The van der Waals surface area contributed by atoms with Crippen LogP contribution in [0.2, 0.25) is 10.0 Å². The molecule has 0 unspecified atom stereocenters. The van der Waals surface area contributed by atoms with E-state index in [-0.39, 0.29) is 33.5 Å². The Labute approximate surface area is 218 Å². The number of anilines is 1. The van der Waals surface area contributed by atoms with Crippen LogP contribution in [0.15, 0.2) is 72.8 Å². The van der Waals surface area contributed by atoms with Gasteiger partial charge < -0.3 is 15.4 Å². The second-order valence-corrected chi connectivity index (χ2v) is 9.06. The first kappa shape index (κ1) is 26.9. The van der Waals surface area contributed by atoms with Crippen molar-refractivity contribution < 1.29 is 23.9 Å². The largest absolute Gasteiger partial charge is 0.454 e. The number of esters is 1. The van der Waals surface area contributed by atoms with Crippen LogP contribution in [-0.4, -0.2) is 36.2 Å². The number of amides is 2. The molecular formula is C27H24Cl2N2O5. The molecule has 2 N–H and O–H groups in total. The molecule has 0 radical (unpaired) electrons. The van der Waals surface area contributed by atoms with Gasteiger partial charge in [-0.05, 0) is 36.2 Å². The van der Waals surface area contributed by atoms with Crippen LogP contribution in [0.25, 0.3) is 0 Å². The van der Waals surface area contributed by atoms with Gasteiger partial charge in [0.1, 0.15) is 6.04 Å². The van der Waals surface area contributed by atoms with Gasteiger partial charge in [0.2, 0.25) is 0 Å². The predicted octanol–water partition coefficient (Wildman–Crippen LogP) is 5.16. The number of hydrogen-bond donors (Lipinski definition) is 2. The van der Waals surface area contributed by atoms with Gasteiger partial charge in [0, 0.05) is 16.1 Å². The lowest BCUT2D eigenvalue weighted by Crippen LogP contribution is -2.46. The zero-order valence-electron chi connectivity index (χ0n) is 19.6. The van der Waals surface area contributed by atoms with Gasteiger partial charge >= 0.3 is 5.97 Å². The molecule has 186 valence electrons. The second-order valence-electron chi connectivity index (χ2n) is 8.22. The first-order valence-electron chi connectivity index (χ1n) is 11.1. The van der Waals surface area contributed by atoms with E-state index in [2.05, 4.69) is 10.6 Å². The Morgan fingerprint density at radius 3 is 2.19 bits per heavy atom. The smallest absolute Gasteiger partial charge is 0.329 e. The molecule has 7 nitrogen and oxygen atoms in total. The quantitative estimate of drug-likeness (QED) is 0.296. The van der Waals surface area contributed by atoms with Gasteiger partial charge in [0.05, 0.1) is 16.3 Å². The standard InChI is InChI=1S/C27H24Cl2N2O5/c1-16(2)24(31-26(34)19-10-6-7-11-21(19)29)27(35)36-15-23(32)30-22-13-12-18(28)14-20(22)25(33)17-8-4-3-5-9-17/h3-14,16,24H,15H2,1-2H3,(H,30,32)(H,31,34)/t24-/m0/s1. The van der Waals surface area contributed by atoms with Gasteiger partial charge in [0.15, 0.2) is 12.4 Å². The number of benzene rings is 3. The minimum atomic E-state index is -1.01. The number of carbonyl (C=O) groups is 4. The molecule has 0 saturated heterocycles. The lowest BCUT2D eigenvalue weighted by Gasteiger charge is -2.21. The fourth-order valence-electron chi connectivity index (χ4n) is 3.33. The summed E-state index contributed by atoms with van der Waals surface area (Å²) in [4.78, 5) is 50.7. The molecule has 0 heterocycles. The van der Waals surface area contributed by atoms with Gasteiger partial charge in [-0.25, -0.2) is 4.79 Å². The van der Waals surface area contributed by atoms with Crippen molar-refractivity contribution in [2.45, 2.75) is 19.9 Å². The second kappa shape index (κ2) is 12.3. The summed E-state index contributed by atoms with van der Waals surface area (Å²) in [5, 5.41) is 5.76. The van der Waals surface area contributed by atoms with E-state index in [0.717, 1.165) is 0 Å². The van der Waals surface area contributed by atoms with Gasteiger partial charge in [-0.15, -0.1) is 0 Å². The summed E-state index contributed by atoms with van der Waals surface area (Å²) < 4.78 is 5.17. The summed E-state index contributed by atoms with van der Waals surface area (Å²) in [6.45, 7) is 2.84. The van der Waals surface area contributed by atoms with Crippen LogP contribution in [0.1, 0.15) is 40.1 Å². The minimum Gasteiger partial charge on any atom is -0.454 e. The maximum Gasteiger partial charge on any atom is 0.329 e. The molecular weight excluding hydrogens is 503 g/mol. The summed E-state index contributed by atoms with van der Waals surface area (Å²) in [6, 6.07) is 18.5. The lowest BCUT2D eigenvalue weighted by molar-refractivity contribution is -0.150. The van der Waals surface area contributed by atoms with Gasteiger partial charge in [-0.3, -0.25) is 14.4 Å². The van der Waals surface area contributed by atoms with Crippen molar-refractivity contribution >= 4 is 52.5 Å². The van der Waals surface area contributed by atoms with Crippen LogP contribution in [-0.2, 0) is 14.3 Å². The lowest BCUT2D eigenvalue weighted by atomic mass is 10.0. The number of halogens is 2. The van der Waals surface area contributed by atoms with E-state index in [1.165, 1.54) is 24.3 Å². The zero-order valence-corrected chi connectivity index (χ0v) is 21.1. The number of ether oxygens (including phenoxy) is 1. The third-order valence-electron chi connectivity index (χ3n) is 5.21. The van der Waals surface area contributed by atoms with Crippen LogP contribution >= 0.6 is 23.2 Å². The minimum absolute atomic E-state index is 0.195. The Kier molecular flexibility index (Phi) is 9.22. The van der Waals surface area contributed by atoms with Crippen molar-refractivity contribution in [1.29, 1.82) is 0 Å². The molecule has 3 rings (SSSR count). The normalized spacial score (nSPS) is 11.5. The molecule has 36 heavy (non-hydrogen) atoms. The average Bonchev–Trinajstić information content (AvgIpc) is 2.87. The molecule has 0 saturated carbocycles. The third-order valence-corrected chi connectivity index (χ3v) is 5.77. The summed E-state index contributed by atoms with van der Waals surface area (Å²) in [5.74, 6) is -2.62. The number of carbonyl (C=O) groups excluding carboxylic acids is 4. The number of hydrogen-bond acceptors (Lipinski definition) is 5. The van der Waals surface area contributed by atoms with Crippen molar-refractivity contribution in [3.05, 3.63) is 99.5 Å². The van der Waals surface area contributed by atoms with Crippen molar-refractivity contribution in [2.75, 3.05) is 11.9 Å². The van der Waals surface area contributed by atoms with Gasteiger partial charge in [0.25, 0.3) is 11.8 Å². The summed E-state index contributed by atoms with van der Waals surface area (Å²) >= 11 is 12.1. The van der Waals surface area contributed by atoms with Gasteiger partial charge in [-0.2, -0.15) is 0 Å². The fraction of sp³-hybridized carbons (Fsp3) is 0.185. The van der Waals surface area contributed by atoms with Crippen LogP contribution in [0.3, 0.4) is 0 Å². The Hall–Kier alpha value is -3.68. The van der Waals surface area contributed by atoms with Crippen LogP contribution in [0.4, 0.5) is 5.69 Å².